The summed E-state index contributed by atoms with van der Waals surface area (Å²) in [5, 5.41) is 8.59. The molecule has 0 aliphatic heterocycles. The Balaban J connectivity index is 1.79. The normalized spacial score (nSPS) is 18.5. The van der Waals surface area contributed by atoms with E-state index in [-0.39, 0.29) is 22.6 Å². The van der Waals surface area contributed by atoms with E-state index in [1.165, 1.54) is 21.1 Å². The maximum atomic E-state index is 13.1. The van der Waals surface area contributed by atoms with Crippen LogP contribution in [-0.4, -0.2) is 75.9 Å². The van der Waals surface area contributed by atoms with Crippen molar-refractivity contribution in [3.05, 3.63) is 52.9 Å². The van der Waals surface area contributed by atoms with Crippen LogP contribution >= 0.6 is 11.6 Å². The Hall–Kier alpha value is -2.77. The van der Waals surface area contributed by atoms with E-state index in [4.69, 9.17) is 31.5 Å². The molecule has 1 aromatic carbocycles. The highest BCUT2D eigenvalue weighted by Crippen LogP contribution is 2.41. The number of rotatable bonds is 13. The zero-order chi connectivity index (χ0) is 29.2. The van der Waals surface area contributed by atoms with Crippen molar-refractivity contribution < 1.29 is 17.6 Å². The fourth-order valence-corrected chi connectivity index (χ4v) is 5.67. The summed E-state index contributed by atoms with van der Waals surface area (Å²) in [5.41, 5.74) is 7.06. The van der Waals surface area contributed by atoms with Crippen LogP contribution in [-0.2, 0) is 26.9 Å². The first-order valence-corrected chi connectivity index (χ1v) is 14.9. The van der Waals surface area contributed by atoms with Gasteiger partial charge in [-0.15, -0.1) is 10.2 Å². The van der Waals surface area contributed by atoms with E-state index in [1.807, 2.05) is 37.3 Å². The van der Waals surface area contributed by atoms with Gasteiger partial charge in [0.05, 0.1) is 22.7 Å². The van der Waals surface area contributed by atoms with Gasteiger partial charge in [0.2, 0.25) is 11.8 Å². The lowest BCUT2D eigenvalue weighted by atomic mass is 9.94. The van der Waals surface area contributed by atoms with Crippen molar-refractivity contribution in [2.45, 2.75) is 32.2 Å². The Kier molecular flexibility index (Phi) is 9.05. The predicted octanol–water partition coefficient (Wildman–Crippen LogP) is 3.55. The van der Waals surface area contributed by atoms with Crippen LogP contribution in [0.1, 0.15) is 31.7 Å². The van der Waals surface area contributed by atoms with E-state index >= 15 is 0 Å². The van der Waals surface area contributed by atoms with Crippen molar-refractivity contribution in [1.82, 2.24) is 19.5 Å². The minimum Gasteiger partial charge on any atom is -0.419 e. The maximum Gasteiger partial charge on any atom is 0.304 e. The first kappa shape index (κ1) is 30.2. The van der Waals surface area contributed by atoms with Crippen molar-refractivity contribution in [2.24, 2.45) is 17.6 Å². The number of pyridine rings is 1. The summed E-state index contributed by atoms with van der Waals surface area (Å²) in [4.78, 5) is 6.80. The van der Waals surface area contributed by atoms with Crippen molar-refractivity contribution in [2.75, 3.05) is 57.2 Å². The fourth-order valence-electron chi connectivity index (χ4n) is 4.48. The quantitative estimate of drug-likeness (QED) is 0.317. The van der Waals surface area contributed by atoms with Crippen LogP contribution in [0.2, 0.25) is 5.02 Å². The molecule has 0 bridgehead atoms. The topological polar surface area (TPSA) is 131 Å². The van der Waals surface area contributed by atoms with Gasteiger partial charge in [0.1, 0.15) is 5.82 Å². The molecule has 13 heteroatoms. The van der Waals surface area contributed by atoms with Gasteiger partial charge in [0.15, 0.2) is 5.82 Å². The zero-order valence-corrected chi connectivity index (χ0v) is 25.4. The summed E-state index contributed by atoms with van der Waals surface area (Å²) in [7, 11) is 2.05. The van der Waals surface area contributed by atoms with Gasteiger partial charge in [-0.2, -0.15) is 12.7 Å². The molecule has 3 aromatic rings. The monoisotopic (exact) mass is 591 g/mol. The number of nitrogens with zero attached hydrogens (tertiary/aromatic N) is 6. The van der Waals surface area contributed by atoms with Gasteiger partial charge >= 0.3 is 10.2 Å². The molecule has 0 radical (unpaired) electrons. The second-order valence-corrected chi connectivity index (χ2v) is 13.4. The number of hydrogen-bond acceptors (Lipinski definition) is 9. The van der Waals surface area contributed by atoms with Gasteiger partial charge in [-0.25, -0.2) is 9.29 Å². The van der Waals surface area contributed by atoms with Crippen LogP contribution in [0.25, 0.3) is 11.5 Å². The Morgan fingerprint density at radius 3 is 2.48 bits per heavy atom. The second kappa shape index (κ2) is 12.0. The molecule has 0 saturated heterocycles. The summed E-state index contributed by atoms with van der Waals surface area (Å²) in [6.45, 7) is 5.81. The molecule has 2 aromatic heterocycles. The number of nitrogens with two attached hydrogens (primary N) is 1. The lowest BCUT2D eigenvalue weighted by molar-refractivity contribution is 0.204. The van der Waals surface area contributed by atoms with Gasteiger partial charge < -0.3 is 19.8 Å². The van der Waals surface area contributed by atoms with Gasteiger partial charge in [-0.3, -0.25) is 0 Å². The van der Waals surface area contributed by atoms with E-state index in [1.54, 1.807) is 13.2 Å². The number of halogens is 1. The number of ether oxygens (including phenoxy) is 1. The van der Waals surface area contributed by atoms with Crippen LogP contribution < -0.4 is 14.9 Å². The molecule has 0 spiro atoms. The number of anilines is 2. The average molecular weight is 592 g/mol. The zero-order valence-electron chi connectivity index (χ0n) is 23.8. The third-order valence-corrected chi connectivity index (χ3v) is 9.37. The Bertz CT molecular complexity index is 1420. The van der Waals surface area contributed by atoms with Crippen molar-refractivity contribution in [3.63, 3.8) is 0 Å². The first-order chi connectivity index (χ1) is 18.8. The van der Waals surface area contributed by atoms with Crippen LogP contribution in [0.3, 0.4) is 0 Å². The number of methoxy groups -OCH3 is 1. The highest BCUT2D eigenvalue weighted by Gasteiger charge is 2.36. The van der Waals surface area contributed by atoms with Gasteiger partial charge in [-0.05, 0) is 43.2 Å². The fraction of sp³-hybridized carbons (Fsp3) is 0.519. The van der Waals surface area contributed by atoms with Crippen LogP contribution in [0.5, 0.6) is 0 Å². The Labute approximate surface area is 241 Å². The van der Waals surface area contributed by atoms with Crippen molar-refractivity contribution in [3.8, 4) is 11.5 Å². The van der Waals surface area contributed by atoms with E-state index in [9.17, 15) is 8.42 Å². The summed E-state index contributed by atoms with van der Waals surface area (Å²) in [5.74, 6) is 2.06. The van der Waals surface area contributed by atoms with Gasteiger partial charge in [0, 0.05) is 41.3 Å². The third-order valence-electron chi connectivity index (χ3n) is 7.21. The molecule has 1 fully saturated rings. The lowest BCUT2D eigenvalue weighted by Gasteiger charge is -2.28. The molecule has 1 saturated carbocycles. The standard InChI is InChI=1S/C27H38ClN7O4S/c1-18-14-20(18)17-35(12-13-38-6)22-15-21(23(28)24(30-22)34(5)40(36,37)33(3)4)25-31-32-26(39-25)27(2,29)16-19-10-8-7-9-11-19/h7-11,15,18,20H,12-14,16-17,29H2,1-6H3/t18?,20?,27-/m0/s1. The summed E-state index contributed by atoms with van der Waals surface area (Å²) in [6, 6.07) is 11.6. The minimum absolute atomic E-state index is 0.0497. The van der Waals surface area contributed by atoms with E-state index in [0.29, 0.717) is 42.8 Å². The highest BCUT2D eigenvalue weighted by atomic mass is 35.5. The Morgan fingerprint density at radius 2 is 1.88 bits per heavy atom. The Morgan fingerprint density at radius 1 is 1.20 bits per heavy atom. The summed E-state index contributed by atoms with van der Waals surface area (Å²) in [6.07, 6.45) is 1.60. The van der Waals surface area contributed by atoms with Crippen molar-refractivity contribution in [1.29, 1.82) is 0 Å². The number of hydrogen-bond donors (Lipinski definition) is 1. The molecule has 2 unspecified atom stereocenters. The molecule has 2 heterocycles. The molecule has 1 aliphatic rings. The van der Waals surface area contributed by atoms with Crippen LogP contribution in [0, 0.1) is 11.8 Å². The van der Waals surface area contributed by atoms with E-state index in [2.05, 4.69) is 22.0 Å². The average Bonchev–Trinajstić information content (AvgIpc) is 3.37. The van der Waals surface area contributed by atoms with Gasteiger partial charge in [-0.1, -0.05) is 48.9 Å². The predicted molar refractivity (Wildman–Crippen MR) is 157 cm³/mol. The summed E-state index contributed by atoms with van der Waals surface area (Å²) < 4.78 is 39.8. The molecular weight excluding hydrogens is 554 g/mol. The SMILES string of the molecule is COCCN(CC1CC1C)c1cc(-c2nnc([C@@](C)(N)Cc3ccccc3)o2)c(Cl)c(N(C)S(=O)(=O)N(C)C)n1. The first-order valence-electron chi connectivity index (χ1n) is 13.1. The molecule has 3 atom stereocenters. The molecular formula is C27H38ClN7O4S. The molecule has 2 N–H and O–H groups in total. The molecule has 40 heavy (non-hydrogen) atoms. The smallest absolute Gasteiger partial charge is 0.304 e. The number of aromatic nitrogens is 3. The van der Waals surface area contributed by atoms with Crippen LogP contribution in [0.15, 0.2) is 40.8 Å². The third kappa shape index (κ3) is 6.58. The number of benzene rings is 1. The highest BCUT2D eigenvalue weighted by molar-refractivity contribution is 7.90. The largest absolute Gasteiger partial charge is 0.419 e. The molecule has 0 amide bonds. The van der Waals surface area contributed by atoms with E-state index in [0.717, 1.165) is 27.1 Å². The minimum atomic E-state index is -3.89. The molecule has 218 valence electrons. The molecule has 4 rings (SSSR count). The maximum absolute atomic E-state index is 13.1. The van der Waals surface area contributed by atoms with Crippen molar-refractivity contribution >= 4 is 33.4 Å². The van der Waals surface area contributed by atoms with Crippen LogP contribution in [0.4, 0.5) is 11.6 Å². The van der Waals surface area contributed by atoms with E-state index < -0.39 is 15.7 Å². The summed E-state index contributed by atoms with van der Waals surface area (Å²) >= 11 is 6.84. The second-order valence-electron chi connectivity index (χ2n) is 10.8. The lowest BCUT2D eigenvalue weighted by Crippen LogP contribution is -2.38. The van der Waals surface area contributed by atoms with Gasteiger partial charge in [0.25, 0.3) is 0 Å². The molecule has 1 aliphatic carbocycles. The molecule has 11 nitrogen and oxygen atoms in total.